The molecule has 1 heterocycles. The maximum atomic E-state index is 14.1. The largest absolute Gasteiger partial charge is 0.488 e. The topological polar surface area (TPSA) is 66.5 Å². The van der Waals surface area contributed by atoms with Crippen LogP contribution in [0.3, 0.4) is 0 Å². The normalized spacial score (nSPS) is 17.4. The first kappa shape index (κ1) is 23.9. The molecule has 1 aromatic heterocycles. The standard InChI is InChI=1S/C26H23BrF2N2O3/c1-16-5-9-23(31(16)26(30)11-3-4-17(14-26)25(32)33-2)21-12-19(27)7-10-24(21)34-15-18-6-8-20(28)13-22(18)29/h3-10,12-14H,11,15,30H2,1-2H3. The third-order valence-electron chi connectivity index (χ3n) is 5.68. The Hall–Kier alpha value is -3.23. The summed E-state index contributed by atoms with van der Waals surface area (Å²) in [6.07, 6.45) is 5.69. The van der Waals surface area contributed by atoms with Crippen molar-refractivity contribution in [3.05, 3.63) is 99.7 Å². The number of halogens is 3. The van der Waals surface area contributed by atoms with E-state index in [0.717, 1.165) is 27.5 Å². The van der Waals surface area contributed by atoms with Gasteiger partial charge in [-0.15, -0.1) is 0 Å². The quantitative estimate of drug-likeness (QED) is 0.413. The third-order valence-corrected chi connectivity index (χ3v) is 6.17. The number of aromatic nitrogens is 1. The van der Waals surface area contributed by atoms with E-state index < -0.39 is 23.3 Å². The molecule has 0 aliphatic heterocycles. The molecule has 0 saturated heterocycles. The molecule has 1 aliphatic rings. The molecule has 0 fully saturated rings. The second-order valence-corrected chi connectivity index (χ2v) is 8.96. The molecule has 0 spiro atoms. The van der Waals surface area contributed by atoms with Gasteiger partial charge in [0.05, 0.1) is 18.4 Å². The second-order valence-electron chi connectivity index (χ2n) is 8.05. The average molecular weight is 529 g/mol. The van der Waals surface area contributed by atoms with Crippen molar-refractivity contribution in [3.8, 4) is 17.0 Å². The number of esters is 1. The highest BCUT2D eigenvalue weighted by molar-refractivity contribution is 9.10. The Kier molecular flexibility index (Phi) is 6.72. The van der Waals surface area contributed by atoms with Crippen LogP contribution in [0.5, 0.6) is 5.75 Å². The van der Waals surface area contributed by atoms with Crippen LogP contribution in [0, 0.1) is 18.6 Å². The van der Waals surface area contributed by atoms with Crippen molar-refractivity contribution in [3.63, 3.8) is 0 Å². The van der Waals surface area contributed by atoms with Crippen LogP contribution in [-0.2, 0) is 21.8 Å². The van der Waals surface area contributed by atoms with E-state index in [4.69, 9.17) is 15.2 Å². The summed E-state index contributed by atoms with van der Waals surface area (Å²) in [6.45, 7) is 1.85. The van der Waals surface area contributed by atoms with Gasteiger partial charge in [-0.3, -0.25) is 0 Å². The van der Waals surface area contributed by atoms with Crippen molar-refractivity contribution in [1.82, 2.24) is 4.57 Å². The number of nitrogens with zero attached hydrogens (tertiary/aromatic N) is 1. The Labute approximate surface area is 204 Å². The predicted octanol–water partition coefficient (Wildman–Crippen LogP) is 5.75. The minimum absolute atomic E-state index is 0.0800. The molecule has 2 aromatic carbocycles. The lowest BCUT2D eigenvalue weighted by Crippen LogP contribution is -2.43. The van der Waals surface area contributed by atoms with E-state index in [-0.39, 0.29) is 12.2 Å². The SMILES string of the molecule is COC(=O)C1=CC(N)(n2c(C)ccc2-c2cc(Br)ccc2OCc2ccc(F)cc2F)CC=C1. The van der Waals surface area contributed by atoms with Crippen LogP contribution >= 0.6 is 15.9 Å². The van der Waals surface area contributed by atoms with Gasteiger partial charge in [-0.25, -0.2) is 13.6 Å². The van der Waals surface area contributed by atoms with Crippen LogP contribution in [0.15, 0.2) is 76.8 Å². The molecular weight excluding hydrogens is 506 g/mol. The number of ether oxygens (including phenoxy) is 2. The fraction of sp³-hybridized carbons (Fsp3) is 0.192. The molecule has 5 nitrogen and oxygen atoms in total. The zero-order valence-electron chi connectivity index (χ0n) is 18.6. The van der Waals surface area contributed by atoms with Gasteiger partial charge in [-0.1, -0.05) is 28.1 Å². The van der Waals surface area contributed by atoms with Gasteiger partial charge in [-0.2, -0.15) is 0 Å². The number of methoxy groups -OCH3 is 1. The number of rotatable bonds is 6. The Balaban J connectivity index is 1.75. The Morgan fingerprint density at radius 3 is 2.71 bits per heavy atom. The highest BCUT2D eigenvalue weighted by Crippen LogP contribution is 2.38. The zero-order chi connectivity index (χ0) is 24.5. The highest BCUT2D eigenvalue weighted by Gasteiger charge is 2.32. The lowest BCUT2D eigenvalue weighted by molar-refractivity contribution is -0.135. The summed E-state index contributed by atoms with van der Waals surface area (Å²) in [4.78, 5) is 12.1. The van der Waals surface area contributed by atoms with E-state index in [1.807, 2.05) is 41.8 Å². The van der Waals surface area contributed by atoms with Crippen molar-refractivity contribution in [2.24, 2.45) is 5.73 Å². The van der Waals surface area contributed by atoms with E-state index in [0.29, 0.717) is 17.7 Å². The third kappa shape index (κ3) is 4.69. The second kappa shape index (κ2) is 9.56. The van der Waals surface area contributed by atoms with Crippen LogP contribution in [-0.4, -0.2) is 17.6 Å². The first-order chi connectivity index (χ1) is 16.2. The van der Waals surface area contributed by atoms with E-state index >= 15 is 0 Å². The summed E-state index contributed by atoms with van der Waals surface area (Å²) in [6, 6.07) is 12.7. The highest BCUT2D eigenvalue weighted by atomic mass is 79.9. The number of hydrogen-bond donors (Lipinski definition) is 1. The minimum Gasteiger partial charge on any atom is -0.488 e. The molecular formula is C26H23BrF2N2O3. The van der Waals surface area contributed by atoms with Crippen LogP contribution in [0.2, 0.25) is 0 Å². The minimum atomic E-state index is -1.02. The lowest BCUT2D eigenvalue weighted by atomic mass is 9.95. The zero-order valence-corrected chi connectivity index (χ0v) is 20.2. The van der Waals surface area contributed by atoms with Crippen LogP contribution in [0.1, 0.15) is 17.7 Å². The van der Waals surface area contributed by atoms with Crippen LogP contribution in [0.4, 0.5) is 8.78 Å². The molecule has 34 heavy (non-hydrogen) atoms. The van der Waals surface area contributed by atoms with Crippen molar-refractivity contribution in [2.75, 3.05) is 7.11 Å². The molecule has 0 saturated carbocycles. The number of carbonyl (C=O) groups is 1. The fourth-order valence-electron chi connectivity index (χ4n) is 4.08. The van der Waals surface area contributed by atoms with Gasteiger partial charge < -0.3 is 19.8 Å². The Morgan fingerprint density at radius 2 is 1.97 bits per heavy atom. The number of carbonyl (C=O) groups excluding carboxylic acids is 1. The average Bonchev–Trinajstić information content (AvgIpc) is 3.20. The van der Waals surface area contributed by atoms with Crippen molar-refractivity contribution in [1.29, 1.82) is 0 Å². The molecule has 0 amide bonds. The number of aryl methyl sites for hydroxylation is 1. The first-order valence-electron chi connectivity index (χ1n) is 10.5. The van der Waals surface area contributed by atoms with Gasteiger partial charge in [0.25, 0.3) is 0 Å². The Morgan fingerprint density at radius 1 is 1.18 bits per heavy atom. The van der Waals surface area contributed by atoms with Gasteiger partial charge in [0.1, 0.15) is 29.7 Å². The summed E-state index contributed by atoms with van der Waals surface area (Å²) in [7, 11) is 1.32. The van der Waals surface area contributed by atoms with Gasteiger partial charge >= 0.3 is 5.97 Å². The van der Waals surface area contributed by atoms with E-state index in [9.17, 15) is 13.6 Å². The summed E-state index contributed by atoms with van der Waals surface area (Å²) < 4.78 is 41.0. The summed E-state index contributed by atoms with van der Waals surface area (Å²) in [5.74, 6) is -1.29. The van der Waals surface area contributed by atoms with Crippen molar-refractivity contribution < 1.29 is 23.0 Å². The van der Waals surface area contributed by atoms with Gasteiger partial charge in [0.15, 0.2) is 0 Å². The summed E-state index contributed by atoms with van der Waals surface area (Å²) in [5.41, 5.74) is 8.76. The summed E-state index contributed by atoms with van der Waals surface area (Å²) in [5, 5.41) is 0. The maximum Gasteiger partial charge on any atom is 0.337 e. The van der Waals surface area contributed by atoms with Gasteiger partial charge in [-0.05, 0) is 55.5 Å². The van der Waals surface area contributed by atoms with E-state index in [1.165, 1.54) is 19.2 Å². The molecule has 4 rings (SSSR count). The fourth-order valence-corrected chi connectivity index (χ4v) is 4.44. The van der Waals surface area contributed by atoms with Crippen LogP contribution < -0.4 is 10.5 Å². The maximum absolute atomic E-state index is 14.1. The van der Waals surface area contributed by atoms with Crippen molar-refractivity contribution in [2.45, 2.75) is 25.6 Å². The first-order valence-corrected chi connectivity index (χ1v) is 11.3. The smallest absolute Gasteiger partial charge is 0.337 e. The van der Waals surface area contributed by atoms with E-state index in [1.54, 1.807) is 18.2 Å². The lowest BCUT2D eigenvalue weighted by Gasteiger charge is -2.33. The monoisotopic (exact) mass is 528 g/mol. The molecule has 3 aromatic rings. The molecule has 176 valence electrons. The van der Waals surface area contributed by atoms with E-state index in [2.05, 4.69) is 15.9 Å². The van der Waals surface area contributed by atoms with Gasteiger partial charge in [0.2, 0.25) is 0 Å². The van der Waals surface area contributed by atoms with Crippen LogP contribution in [0.25, 0.3) is 11.3 Å². The molecule has 1 unspecified atom stereocenters. The van der Waals surface area contributed by atoms with Crippen molar-refractivity contribution >= 4 is 21.9 Å². The molecule has 0 bridgehead atoms. The number of hydrogen-bond acceptors (Lipinski definition) is 4. The summed E-state index contributed by atoms with van der Waals surface area (Å²) >= 11 is 3.51. The Bertz CT molecular complexity index is 1320. The molecule has 8 heteroatoms. The van der Waals surface area contributed by atoms with Gasteiger partial charge in [0, 0.05) is 33.8 Å². The molecule has 1 atom stereocenters. The molecule has 1 aliphatic carbocycles. The molecule has 2 N–H and O–H groups in total. The number of nitrogens with two attached hydrogens (primary N) is 1. The predicted molar refractivity (Wildman–Crippen MR) is 129 cm³/mol. The molecule has 0 radical (unpaired) electrons. The number of benzene rings is 2.